The molecule has 1 saturated carbocycles. The molecule has 0 aromatic rings. The topological polar surface area (TPSA) is 23.6 Å². The summed E-state index contributed by atoms with van der Waals surface area (Å²) >= 11 is 0. The molecule has 0 aromatic carbocycles. The fraction of sp³-hybridized carbons (Fsp3) is 0.929. The minimum atomic E-state index is 0.336. The van der Waals surface area contributed by atoms with E-state index in [1.165, 1.54) is 0 Å². The molecule has 1 heterocycles. The van der Waals surface area contributed by atoms with Gasteiger partial charge in [-0.25, -0.2) is 0 Å². The second-order valence-electron chi connectivity index (χ2n) is 6.13. The van der Waals surface area contributed by atoms with Gasteiger partial charge in [-0.15, -0.1) is 0 Å². The van der Waals surface area contributed by atoms with Gasteiger partial charge in [0, 0.05) is 38.1 Å². The van der Waals surface area contributed by atoms with Crippen molar-refractivity contribution in [1.29, 1.82) is 0 Å². The Labute approximate surface area is 105 Å². The molecule has 0 N–H and O–H groups in total. The molecular weight excluding hydrogens is 212 g/mol. The molecule has 1 aliphatic carbocycles. The molecule has 2 aliphatic rings. The van der Waals surface area contributed by atoms with Crippen molar-refractivity contribution in [3.63, 3.8) is 0 Å². The van der Waals surface area contributed by atoms with Gasteiger partial charge in [-0.3, -0.25) is 4.79 Å². The number of carbonyl (C=O) groups is 1. The zero-order valence-corrected chi connectivity index (χ0v) is 11.6. The lowest BCUT2D eigenvalue weighted by Gasteiger charge is -2.38. The molecule has 2 fully saturated rings. The molecule has 3 heteroatoms. The van der Waals surface area contributed by atoms with Crippen LogP contribution in [0, 0.1) is 11.8 Å². The van der Waals surface area contributed by atoms with Crippen molar-refractivity contribution in [2.45, 2.75) is 52.1 Å². The van der Waals surface area contributed by atoms with Crippen molar-refractivity contribution >= 4 is 5.91 Å². The molecule has 2 rings (SSSR count). The van der Waals surface area contributed by atoms with Crippen molar-refractivity contribution in [1.82, 2.24) is 9.80 Å². The maximum atomic E-state index is 12.1. The lowest BCUT2D eigenvalue weighted by molar-refractivity contribution is -0.134. The Morgan fingerprint density at radius 2 is 1.82 bits per heavy atom. The van der Waals surface area contributed by atoms with E-state index < -0.39 is 0 Å². The van der Waals surface area contributed by atoms with Gasteiger partial charge in [-0.2, -0.15) is 0 Å². The Bertz CT molecular complexity index is 282. The van der Waals surface area contributed by atoms with Crippen LogP contribution in [-0.4, -0.2) is 47.9 Å². The summed E-state index contributed by atoms with van der Waals surface area (Å²) in [7, 11) is 2.00. The van der Waals surface area contributed by atoms with Crippen LogP contribution in [0.1, 0.15) is 40.0 Å². The monoisotopic (exact) mass is 238 g/mol. The summed E-state index contributed by atoms with van der Waals surface area (Å²) in [5.41, 5.74) is 0. The maximum absolute atomic E-state index is 12.1. The third-order valence-electron chi connectivity index (χ3n) is 4.55. The van der Waals surface area contributed by atoms with E-state index in [-0.39, 0.29) is 0 Å². The van der Waals surface area contributed by atoms with Gasteiger partial charge in [0.05, 0.1) is 0 Å². The maximum Gasteiger partial charge on any atom is 0.225 e. The summed E-state index contributed by atoms with van der Waals surface area (Å²) in [5, 5.41) is 0. The third-order valence-corrected chi connectivity index (χ3v) is 4.55. The molecule has 0 radical (unpaired) electrons. The second kappa shape index (κ2) is 4.97. The van der Waals surface area contributed by atoms with E-state index >= 15 is 0 Å². The first kappa shape index (κ1) is 12.9. The van der Waals surface area contributed by atoms with Gasteiger partial charge < -0.3 is 9.80 Å². The first-order chi connectivity index (χ1) is 8.00. The van der Waals surface area contributed by atoms with Crippen molar-refractivity contribution in [3.8, 4) is 0 Å². The van der Waals surface area contributed by atoms with Crippen molar-refractivity contribution < 1.29 is 4.79 Å². The number of hydrogen-bond acceptors (Lipinski definition) is 2. The van der Waals surface area contributed by atoms with Crippen LogP contribution in [0.15, 0.2) is 0 Å². The van der Waals surface area contributed by atoms with Crippen LogP contribution in [-0.2, 0) is 4.79 Å². The zero-order valence-electron chi connectivity index (χ0n) is 11.6. The molecule has 0 bridgehead atoms. The van der Waals surface area contributed by atoms with Gasteiger partial charge in [0.1, 0.15) is 0 Å². The Morgan fingerprint density at radius 1 is 1.29 bits per heavy atom. The first-order valence-corrected chi connectivity index (χ1v) is 7.01. The molecule has 0 aromatic heterocycles. The summed E-state index contributed by atoms with van der Waals surface area (Å²) in [6.07, 6.45) is 3.39. The van der Waals surface area contributed by atoms with Crippen LogP contribution in [0.2, 0.25) is 0 Å². The fourth-order valence-corrected chi connectivity index (χ4v) is 2.90. The molecule has 2 atom stereocenters. The summed E-state index contributed by atoms with van der Waals surface area (Å²) in [5.74, 6) is 1.35. The van der Waals surface area contributed by atoms with E-state index in [4.69, 9.17) is 0 Å². The number of nitrogens with zero attached hydrogens (tertiary/aromatic N) is 2. The van der Waals surface area contributed by atoms with Gasteiger partial charge in [0.2, 0.25) is 5.91 Å². The number of amides is 1. The van der Waals surface area contributed by atoms with Crippen LogP contribution in [0.25, 0.3) is 0 Å². The van der Waals surface area contributed by atoms with Crippen LogP contribution < -0.4 is 0 Å². The van der Waals surface area contributed by atoms with Gasteiger partial charge in [0.25, 0.3) is 0 Å². The van der Waals surface area contributed by atoms with Crippen molar-refractivity contribution in [2.75, 3.05) is 20.1 Å². The van der Waals surface area contributed by atoms with Crippen LogP contribution in [0.5, 0.6) is 0 Å². The lowest BCUT2D eigenvalue weighted by Crippen LogP contribution is -2.47. The highest BCUT2D eigenvalue weighted by atomic mass is 16.2. The smallest absolute Gasteiger partial charge is 0.225 e. The molecule has 1 saturated heterocycles. The van der Waals surface area contributed by atoms with E-state index in [0.29, 0.717) is 29.8 Å². The van der Waals surface area contributed by atoms with Gasteiger partial charge >= 0.3 is 0 Å². The minimum Gasteiger partial charge on any atom is -0.342 e. The largest absolute Gasteiger partial charge is 0.342 e. The van der Waals surface area contributed by atoms with E-state index in [2.05, 4.69) is 25.7 Å². The number of carbonyl (C=O) groups excluding carboxylic acids is 1. The highest BCUT2D eigenvalue weighted by molar-refractivity contribution is 5.81. The number of likely N-dealkylation sites (tertiary alicyclic amines) is 1. The van der Waals surface area contributed by atoms with Crippen molar-refractivity contribution in [3.05, 3.63) is 0 Å². The van der Waals surface area contributed by atoms with Crippen molar-refractivity contribution in [2.24, 2.45) is 11.8 Å². The quantitative estimate of drug-likeness (QED) is 0.750. The van der Waals surface area contributed by atoms with E-state index in [1.54, 1.807) is 0 Å². The normalized spacial score (nSPS) is 30.6. The molecule has 1 aliphatic heterocycles. The molecule has 0 spiro atoms. The number of piperidine rings is 1. The second-order valence-corrected chi connectivity index (χ2v) is 6.13. The summed E-state index contributed by atoms with van der Waals surface area (Å²) in [6, 6.07) is 1.12. The SMILES string of the molecule is CC(C)N1CCC(N(C)C(=O)[C@H]2C[C@H]2C)CC1. The van der Waals surface area contributed by atoms with E-state index in [0.717, 1.165) is 32.4 Å². The first-order valence-electron chi connectivity index (χ1n) is 7.01. The number of hydrogen-bond donors (Lipinski definition) is 0. The molecule has 98 valence electrons. The Balaban J connectivity index is 1.82. The standard InChI is InChI=1S/C14H26N2O/c1-10(2)16-7-5-12(6-8-16)15(4)14(17)13-9-11(13)3/h10-13H,5-9H2,1-4H3/t11-,13+/m1/s1. The molecule has 3 nitrogen and oxygen atoms in total. The average molecular weight is 238 g/mol. The van der Waals surface area contributed by atoms with Crippen LogP contribution in [0.4, 0.5) is 0 Å². The Morgan fingerprint density at radius 3 is 2.24 bits per heavy atom. The van der Waals surface area contributed by atoms with Crippen LogP contribution in [0.3, 0.4) is 0 Å². The summed E-state index contributed by atoms with van der Waals surface area (Å²) in [4.78, 5) is 16.7. The average Bonchev–Trinajstić information content (AvgIpc) is 3.04. The van der Waals surface area contributed by atoms with Gasteiger partial charge in [-0.05, 0) is 39.0 Å². The lowest BCUT2D eigenvalue weighted by atomic mass is 10.0. The molecule has 0 unspecified atom stereocenters. The molecular formula is C14H26N2O. The van der Waals surface area contributed by atoms with E-state index in [1.807, 2.05) is 11.9 Å². The Kier molecular flexibility index (Phi) is 3.76. The molecule has 17 heavy (non-hydrogen) atoms. The third kappa shape index (κ3) is 2.82. The number of rotatable bonds is 3. The minimum absolute atomic E-state index is 0.336. The Hall–Kier alpha value is -0.570. The van der Waals surface area contributed by atoms with Gasteiger partial charge in [0.15, 0.2) is 0 Å². The predicted octanol–water partition coefficient (Wildman–Crippen LogP) is 1.97. The highest BCUT2D eigenvalue weighted by Crippen LogP contribution is 2.39. The fourth-order valence-electron chi connectivity index (χ4n) is 2.90. The summed E-state index contributed by atoms with van der Waals surface area (Å²) in [6.45, 7) is 8.96. The highest BCUT2D eigenvalue weighted by Gasteiger charge is 2.42. The predicted molar refractivity (Wildman–Crippen MR) is 69.8 cm³/mol. The molecule has 1 amide bonds. The van der Waals surface area contributed by atoms with Crippen LogP contribution >= 0.6 is 0 Å². The van der Waals surface area contributed by atoms with Gasteiger partial charge in [-0.1, -0.05) is 6.92 Å². The summed E-state index contributed by atoms with van der Waals surface area (Å²) < 4.78 is 0. The van der Waals surface area contributed by atoms with E-state index in [9.17, 15) is 4.79 Å². The zero-order chi connectivity index (χ0) is 12.6.